The summed E-state index contributed by atoms with van der Waals surface area (Å²) in [5, 5.41) is 0. The van der Waals surface area contributed by atoms with Gasteiger partial charge in [0.2, 0.25) is 0 Å². The quantitative estimate of drug-likeness (QED) is 0.689. The Balaban J connectivity index is 2.13. The molecule has 0 saturated carbocycles. The van der Waals surface area contributed by atoms with Crippen LogP contribution in [0.5, 0.6) is 5.75 Å². The topological polar surface area (TPSA) is 21.8 Å². The molecule has 1 saturated heterocycles. The van der Waals surface area contributed by atoms with Crippen molar-refractivity contribution in [2.75, 3.05) is 6.61 Å². The number of hydrogen-bond acceptors (Lipinski definition) is 2. The Morgan fingerprint density at radius 2 is 1.79 bits per heavy atom. The molecule has 2 rings (SSSR count). The van der Waals surface area contributed by atoms with Gasteiger partial charge >= 0.3 is 12.0 Å². The van der Waals surface area contributed by atoms with Crippen LogP contribution in [0.25, 0.3) is 0 Å². The lowest BCUT2D eigenvalue weighted by Gasteiger charge is -2.17. The van der Waals surface area contributed by atoms with Crippen molar-refractivity contribution in [2.24, 2.45) is 0 Å². The van der Waals surface area contributed by atoms with Gasteiger partial charge in [0, 0.05) is 0 Å². The highest BCUT2D eigenvalue weighted by Crippen LogP contribution is 2.44. The Bertz CT molecular complexity index is 317. The summed E-state index contributed by atoms with van der Waals surface area (Å²) >= 11 is 0. The molecule has 1 aliphatic rings. The van der Waals surface area contributed by atoms with Gasteiger partial charge in [-0.1, -0.05) is 18.2 Å². The Morgan fingerprint density at radius 3 is 2.21 bits per heavy atom. The monoisotopic (exact) mass is 204 g/mol. The first-order valence-corrected chi connectivity index (χ1v) is 3.98. The molecule has 0 aromatic heterocycles. The van der Waals surface area contributed by atoms with Gasteiger partial charge in [0.25, 0.3) is 0 Å². The van der Waals surface area contributed by atoms with Crippen LogP contribution in [0.4, 0.5) is 13.2 Å². The summed E-state index contributed by atoms with van der Waals surface area (Å²) in [6.07, 6.45) is -4.48. The number of rotatable bonds is 2. The van der Waals surface area contributed by atoms with E-state index < -0.39 is 18.6 Å². The molecule has 0 bridgehead atoms. The number of epoxide rings is 1. The SMILES string of the molecule is FC(F)(F)C1(Oc2ccccc2)CO1. The van der Waals surface area contributed by atoms with Crippen molar-refractivity contribution in [3.63, 3.8) is 0 Å². The number of halogens is 3. The molecule has 1 aliphatic heterocycles. The molecule has 76 valence electrons. The van der Waals surface area contributed by atoms with Crippen LogP contribution >= 0.6 is 0 Å². The zero-order valence-electron chi connectivity index (χ0n) is 7.04. The fourth-order valence-electron chi connectivity index (χ4n) is 1.02. The van der Waals surface area contributed by atoms with Crippen molar-refractivity contribution >= 4 is 0 Å². The molecule has 0 spiro atoms. The summed E-state index contributed by atoms with van der Waals surface area (Å²) in [4.78, 5) is 0. The summed E-state index contributed by atoms with van der Waals surface area (Å²) in [5.41, 5.74) is 0. The first-order valence-electron chi connectivity index (χ1n) is 3.98. The minimum Gasteiger partial charge on any atom is -0.451 e. The van der Waals surface area contributed by atoms with E-state index in [2.05, 4.69) is 4.74 Å². The van der Waals surface area contributed by atoms with E-state index in [1.165, 1.54) is 12.1 Å². The first-order chi connectivity index (χ1) is 6.54. The Labute approximate surface area is 78.2 Å². The zero-order chi connectivity index (χ0) is 10.2. The van der Waals surface area contributed by atoms with E-state index >= 15 is 0 Å². The maximum Gasteiger partial charge on any atom is 0.458 e. The number of para-hydroxylation sites is 1. The molecular weight excluding hydrogens is 197 g/mol. The fraction of sp³-hybridized carbons (Fsp3) is 0.333. The fourth-order valence-corrected chi connectivity index (χ4v) is 1.02. The second-order valence-electron chi connectivity index (χ2n) is 2.95. The van der Waals surface area contributed by atoms with Gasteiger partial charge in [0.05, 0.1) is 0 Å². The van der Waals surface area contributed by atoms with Crippen LogP contribution < -0.4 is 4.74 Å². The normalized spacial score (nSPS) is 25.9. The van der Waals surface area contributed by atoms with E-state index in [0.717, 1.165) is 0 Å². The lowest BCUT2D eigenvalue weighted by Crippen LogP contribution is -2.38. The summed E-state index contributed by atoms with van der Waals surface area (Å²) < 4.78 is 46.0. The molecule has 1 aromatic carbocycles. The molecule has 0 aliphatic carbocycles. The predicted molar refractivity (Wildman–Crippen MR) is 41.8 cm³/mol. The highest BCUT2D eigenvalue weighted by Gasteiger charge is 2.69. The molecule has 0 N–H and O–H groups in total. The van der Waals surface area contributed by atoms with Gasteiger partial charge < -0.3 is 9.47 Å². The number of hydrogen-bond donors (Lipinski definition) is 0. The molecule has 1 atom stereocenters. The molecule has 0 radical (unpaired) electrons. The highest BCUT2D eigenvalue weighted by molar-refractivity contribution is 5.22. The van der Waals surface area contributed by atoms with Gasteiger partial charge in [0.15, 0.2) is 0 Å². The van der Waals surface area contributed by atoms with E-state index in [0.29, 0.717) is 0 Å². The van der Waals surface area contributed by atoms with E-state index in [9.17, 15) is 13.2 Å². The van der Waals surface area contributed by atoms with Crippen LogP contribution in [0.15, 0.2) is 30.3 Å². The maximum atomic E-state index is 12.3. The molecule has 1 fully saturated rings. The maximum absolute atomic E-state index is 12.3. The summed E-state index contributed by atoms with van der Waals surface area (Å²) in [6, 6.07) is 7.80. The Kier molecular flexibility index (Phi) is 1.92. The van der Waals surface area contributed by atoms with Crippen LogP contribution in [0, 0.1) is 0 Å². The van der Waals surface area contributed by atoms with Gasteiger partial charge in [0.1, 0.15) is 12.4 Å². The largest absolute Gasteiger partial charge is 0.458 e. The third kappa shape index (κ3) is 1.55. The van der Waals surface area contributed by atoms with Gasteiger partial charge in [-0.2, -0.15) is 13.2 Å². The van der Waals surface area contributed by atoms with Gasteiger partial charge in [-0.3, -0.25) is 0 Å². The highest BCUT2D eigenvalue weighted by atomic mass is 19.4. The van der Waals surface area contributed by atoms with Gasteiger partial charge in [-0.15, -0.1) is 0 Å². The second-order valence-corrected chi connectivity index (χ2v) is 2.95. The van der Waals surface area contributed by atoms with E-state index in [1.807, 2.05) is 0 Å². The minimum atomic E-state index is -4.48. The molecule has 1 aromatic rings. The van der Waals surface area contributed by atoms with Crippen LogP contribution in [0.1, 0.15) is 0 Å². The lowest BCUT2D eigenvalue weighted by atomic mass is 10.3. The molecule has 1 heterocycles. The second kappa shape index (κ2) is 2.88. The molecule has 2 nitrogen and oxygen atoms in total. The standard InChI is InChI=1S/C9H7F3O2/c10-9(11,12)8(6-13-8)14-7-4-2-1-3-5-7/h1-5H,6H2. The molecule has 1 unspecified atom stereocenters. The van der Waals surface area contributed by atoms with Gasteiger partial charge in [-0.25, -0.2) is 0 Å². The first kappa shape index (κ1) is 9.33. The van der Waals surface area contributed by atoms with Crippen molar-refractivity contribution in [3.05, 3.63) is 30.3 Å². The van der Waals surface area contributed by atoms with Crippen molar-refractivity contribution in [2.45, 2.75) is 12.0 Å². The van der Waals surface area contributed by atoms with Crippen LogP contribution in [0.2, 0.25) is 0 Å². The summed E-state index contributed by atoms with van der Waals surface area (Å²) in [5.74, 6) is -2.25. The van der Waals surface area contributed by atoms with Crippen molar-refractivity contribution in [3.8, 4) is 5.75 Å². The molecule has 14 heavy (non-hydrogen) atoms. The molecule has 0 amide bonds. The number of benzene rings is 1. The van der Waals surface area contributed by atoms with E-state index in [4.69, 9.17) is 4.74 Å². The Morgan fingerprint density at radius 1 is 1.21 bits per heavy atom. The minimum absolute atomic E-state index is 0.155. The average molecular weight is 204 g/mol. The third-order valence-corrected chi connectivity index (χ3v) is 1.86. The van der Waals surface area contributed by atoms with Crippen LogP contribution in [-0.4, -0.2) is 18.6 Å². The van der Waals surface area contributed by atoms with Crippen molar-refractivity contribution in [1.82, 2.24) is 0 Å². The smallest absolute Gasteiger partial charge is 0.451 e. The number of ether oxygens (including phenoxy) is 2. The molecule has 5 heteroatoms. The zero-order valence-corrected chi connectivity index (χ0v) is 7.04. The lowest BCUT2D eigenvalue weighted by molar-refractivity contribution is -0.242. The summed E-state index contributed by atoms with van der Waals surface area (Å²) in [6.45, 7) is -0.439. The van der Waals surface area contributed by atoms with E-state index in [1.54, 1.807) is 18.2 Å². The van der Waals surface area contributed by atoms with E-state index in [-0.39, 0.29) is 5.75 Å². The van der Waals surface area contributed by atoms with Crippen molar-refractivity contribution in [1.29, 1.82) is 0 Å². The van der Waals surface area contributed by atoms with Crippen LogP contribution in [0.3, 0.4) is 0 Å². The summed E-state index contributed by atoms with van der Waals surface area (Å²) in [7, 11) is 0. The van der Waals surface area contributed by atoms with Gasteiger partial charge in [-0.05, 0) is 12.1 Å². The van der Waals surface area contributed by atoms with Crippen molar-refractivity contribution < 1.29 is 22.6 Å². The number of alkyl halides is 3. The molecular formula is C9H7F3O2. The third-order valence-electron chi connectivity index (χ3n) is 1.86. The van der Waals surface area contributed by atoms with Crippen LogP contribution in [-0.2, 0) is 4.74 Å². The Hall–Kier alpha value is -1.23. The predicted octanol–water partition coefficient (Wildman–Crippen LogP) is 2.35. The average Bonchev–Trinajstić information content (AvgIpc) is 2.86.